The van der Waals surface area contributed by atoms with Crippen LogP contribution in [0.2, 0.25) is 0 Å². The number of amides is 3. The third kappa shape index (κ3) is 6.99. The van der Waals surface area contributed by atoms with E-state index < -0.39 is 18.1 Å². The molecule has 10 nitrogen and oxygen atoms in total. The van der Waals surface area contributed by atoms with Gasteiger partial charge in [0, 0.05) is 42.3 Å². The number of imidazole rings is 1. The lowest BCUT2D eigenvalue weighted by Crippen LogP contribution is -2.53. The van der Waals surface area contributed by atoms with Gasteiger partial charge < -0.3 is 30.6 Å². The molecule has 1 saturated carbocycles. The summed E-state index contributed by atoms with van der Waals surface area (Å²) in [5.41, 5.74) is 2.38. The minimum absolute atomic E-state index is 0.0779. The second-order valence-corrected chi connectivity index (χ2v) is 11.1. The molecule has 0 radical (unpaired) electrons. The highest BCUT2D eigenvalue weighted by Gasteiger charge is 2.29. The largest absolute Gasteiger partial charge is 0.476 e. The Labute approximate surface area is 229 Å². The summed E-state index contributed by atoms with van der Waals surface area (Å²) < 4.78 is 2.03. The Morgan fingerprint density at radius 2 is 1.85 bits per heavy atom. The number of carboxylic acid groups (broad SMARTS) is 1. The number of benzene rings is 1. The number of nitrogens with one attached hydrogen (secondary N) is 4. The van der Waals surface area contributed by atoms with Gasteiger partial charge in [0.15, 0.2) is 5.69 Å². The highest BCUT2D eigenvalue weighted by Crippen LogP contribution is 2.26. The van der Waals surface area contributed by atoms with Crippen LogP contribution in [-0.4, -0.2) is 49.6 Å². The van der Waals surface area contributed by atoms with E-state index in [4.69, 9.17) is 0 Å². The molecular weight excluding hydrogens is 496 g/mol. The van der Waals surface area contributed by atoms with Crippen LogP contribution in [0.15, 0.2) is 30.5 Å². The molecule has 2 aromatic heterocycles. The summed E-state index contributed by atoms with van der Waals surface area (Å²) in [5, 5.41) is 19.6. The number of carboxylic acids is 1. The summed E-state index contributed by atoms with van der Waals surface area (Å²) in [6.45, 7) is 5.66. The molecule has 0 aliphatic heterocycles. The minimum atomic E-state index is -1.14. The van der Waals surface area contributed by atoms with Crippen molar-refractivity contribution in [1.29, 1.82) is 0 Å². The van der Waals surface area contributed by atoms with Crippen molar-refractivity contribution in [3.05, 3.63) is 53.2 Å². The second-order valence-electron chi connectivity index (χ2n) is 11.1. The Balaban J connectivity index is 1.58. The van der Waals surface area contributed by atoms with E-state index in [1.165, 1.54) is 6.42 Å². The molecule has 3 aromatic rings. The number of hydrogen-bond donors (Lipinski definition) is 5. The van der Waals surface area contributed by atoms with E-state index in [-0.39, 0.29) is 29.6 Å². The molecule has 210 valence electrons. The minimum Gasteiger partial charge on any atom is -0.476 e. The number of nitrogens with zero attached hydrogens (tertiary/aromatic N) is 2. The summed E-state index contributed by atoms with van der Waals surface area (Å²) in [5.74, 6) is -0.944. The summed E-state index contributed by atoms with van der Waals surface area (Å²) in [6.07, 6.45) is 8.14. The van der Waals surface area contributed by atoms with Crippen molar-refractivity contribution in [3.8, 4) is 0 Å². The van der Waals surface area contributed by atoms with Crippen LogP contribution in [0.1, 0.15) is 86.0 Å². The number of carbonyl (C=O) groups is 3. The van der Waals surface area contributed by atoms with Crippen molar-refractivity contribution in [2.24, 2.45) is 13.0 Å². The van der Waals surface area contributed by atoms with Crippen LogP contribution in [0.5, 0.6) is 0 Å². The van der Waals surface area contributed by atoms with Crippen molar-refractivity contribution in [1.82, 2.24) is 30.5 Å². The number of fused-ring (bicyclic) bond motifs is 1. The molecule has 0 bridgehead atoms. The zero-order valence-corrected chi connectivity index (χ0v) is 23.2. The van der Waals surface area contributed by atoms with Crippen LogP contribution < -0.4 is 16.0 Å². The fraction of sp³-hybridized carbons (Fsp3) is 0.517. The number of rotatable bonds is 10. The average molecular weight is 537 g/mol. The molecule has 0 spiro atoms. The Bertz CT molecular complexity index is 1320. The molecule has 0 saturated heterocycles. The Morgan fingerprint density at radius 1 is 1.13 bits per heavy atom. The lowest BCUT2D eigenvalue weighted by atomic mass is 9.96. The zero-order valence-electron chi connectivity index (χ0n) is 23.2. The molecule has 1 unspecified atom stereocenters. The van der Waals surface area contributed by atoms with Crippen molar-refractivity contribution in [2.45, 2.75) is 83.8 Å². The average Bonchev–Trinajstić information content (AvgIpc) is 3.43. The van der Waals surface area contributed by atoms with E-state index in [1.807, 2.05) is 55.9 Å². The number of urea groups is 1. The maximum absolute atomic E-state index is 13.7. The van der Waals surface area contributed by atoms with Gasteiger partial charge in [0.25, 0.3) is 0 Å². The first-order valence-electron chi connectivity index (χ1n) is 13.8. The topological polar surface area (TPSA) is 141 Å². The number of aryl methyl sites for hydroxylation is 2. The predicted octanol–water partition coefficient (Wildman–Crippen LogP) is 4.35. The van der Waals surface area contributed by atoms with Crippen LogP contribution in [-0.2, 0) is 18.3 Å². The first-order valence-corrected chi connectivity index (χ1v) is 13.8. The number of carbonyl (C=O) groups excluding carboxylic acids is 2. The van der Waals surface area contributed by atoms with Gasteiger partial charge >= 0.3 is 12.0 Å². The van der Waals surface area contributed by atoms with Gasteiger partial charge in [-0.05, 0) is 43.7 Å². The lowest BCUT2D eigenvalue weighted by Gasteiger charge is -2.26. The molecule has 2 atom stereocenters. The molecular formula is C29H40N6O4. The smallest absolute Gasteiger partial charge is 0.356 e. The molecule has 39 heavy (non-hydrogen) atoms. The van der Waals surface area contributed by atoms with Gasteiger partial charge in [0.2, 0.25) is 5.91 Å². The van der Waals surface area contributed by atoms with E-state index in [9.17, 15) is 19.5 Å². The summed E-state index contributed by atoms with van der Waals surface area (Å²) in [7, 11) is 1.96. The van der Waals surface area contributed by atoms with Crippen molar-refractivity contribution in [2.75, 3.05) is 0 Å². The monoisotopic (exact) mass is 536 g/mol. The summed E-state index contributed by atoms with van der Waals surface area (Å²) in [6, 6.07) is 6.40. The van der Waals surface area contributed by atoms with Gasteiger partial charge in [0.1, 0.15) is 11.9 Å². The number of aromatic amines is 1. The number of aromatic nitrogens is 3. The van der Waals surface area contributed by atoms with Crippen LogP contribution in [0.3, 0.4) is 0 Å². The summed E-state index contributed by atoms with van der Waals surface area (Å²) >= 11 is 0. The second kappa shape index (κ2) is 12.4. The third-order valence-electron chi connectivity index (χ3n) is 7.42. The number of H-pyrrole nitrogens is 1. The Kier molecular flexibility index (Phi) is 8.93. The molecule has 3 amide bonds. The van der Waals surface area contributed by atoms with Crippen molar-refractivity contribution < 1.29 is 19.5 Å². The quantitative estimate of drug-likeness (QED) is 0.262. The highest BCUT2D eigenvalue weighted by molar-refractivity contribution is 5.88. The van der Waals surface area contributed by atoms with Gasteiger partial charge in [-0.15, -0.1) is 0 Å². The van der Waals surface area contributed by atoms with E-state index in [0.29, 0.717) is 24.4 Å². The first kappa shape index (κ1) is 28.2. The normalized spacial score (nSPS) is 15.7. The molecule has 1 aliphatic carbocycles. The number of hydrogen-bond acceptors (Lipinski definition) is 4. The van der Waals surface area contributed by atoms with Gasteiger partial charge in [-0.2, -0.15) is 0 Å². The fourth-order valence-corrected chi connectivity index (χ4v) is 5.49. The first-order chi connectivity index (χ1) is 18.6. The van der Waals surface area contributed by atoms with Crippen LogP contribution >= 0.6 is 0 Å². The molecule has 1 fully saturated rings. The highest BCUT2D eigenvalue weighted by atomic mass is 16.4. The molecule has 1 aromatic carbocycles. The number of aromatic carboxylic acids is 1. The van der Waals surface area contributed by atoms with E-state index in [1.54, 1.807) is 6.92 Å². The third-order valence-corrected chi connectivity index (χ3v) is 7.42. The van der Waals surface area contributed by atoms with E-state index in [0.717, 1.165) is 42.1 Å². The zero-order chi connectivity index (χ0) is 28.1. The maximum Gasteiger partial charge on any atom is 0.356 e. The van der Waals surface area contributed by atoms with Crippen molar-refractivity contribution in [3.63, 3.8) is 0 Å². The molecule has 1 aliphatic rings. The Morgan fingerprint density at radius 3 is 2.51 bits per heavy atom. The van der Waals surface area contributed by atoms with E-state index in [2.05, 4.69) is 25.9 Å². The standard InChI is InChI=1S/C29H40N6O4/c1-17(2)14-23(33-29(39)31-20-10-6-5-7-11-20)27(36)32-22(26-30-18(3)25(34-26)28(37)38)15-19-16-35(4)24-13-9-8-12-21(19)24/h8-9,12-13,16-17,20,22-23H,5-7,10-11,14-15H2,1-4H3,(H,30,34)(H,32,36)(H,37,38)(H2,31,33,39)/t22-,23?/m1/s1. The number of para-hydroxylation sites is 1. The fourth-order valence-electron chi connectivity index (χ4n) is 5.49. The lowest BCUT2D eigenvalue weighted by molar-refractivity contribution is -0.124. The van der Waals surface area contributed by atoms with Crippen LogP contribution in [0.4, 0.5) is 4.79 Å². The van der Waals surface area contributed by atoms with Gasteiger partial charge in [-0.25, -0.2) is 14.6 Å². The van der Waals surface area contributed by atoms with Gasteiger partial charge in [-0.3, -0.25) is 4.79 Å². The van der Waals surface area contributed by atoms with E-state index >= 15 is 0 Å². The van der Waals surface area contributed by atoms with Crippen LogP contribution in [0.25, 0.3) is 10.9 Å². The molecule has 5 N–H and O–H groups in total. The van der Waals surface area contributed by atoms with Gasteiger partial charge in [0.05, 0.1) is 6.04 Å². The maximum atomic E-state index is 13.7. The van der Waals surface area contributed by atoms with Crippen LogP contribution in [0, 0.1) is 12.8 Å². The summed E-state index contributed by atoms with van der Waals surface area (Å²) in [4.78, 5) is 45.6. The molecule has 10 heteroatoms. The Hall–Kier alpha value is -3.82. The van der Waals surface area contributed by atoms with Gasteiger partial charge in [-0.1, -0.05) is 51.3 Å². The molecule has 2 heterocycles. The molecule has 4 rings (SSSR count). The van der Waals surface area contributed by atoms with Crippen molar-refractivity contribution >= 4 is 28.8 Å². The SMILES string of the molecule is Cc1[nH]c([C@@H](Cc2cn(C)c3ccccc23)NC(=O)C(CC(C)C)NC(=O)NC2CCCCC2)nc1C(=O)O. The predicted molar refractivity (Wildman–Crippen MR) is 150 cm³/mol.